The summed E-state index contributed by atoms with van der Waals surface area (Å²) in [6, 6.07) is 4.98. The second-order valence-corrected chi connectivity index (χ2v) is 4.18. The summed E-state index contributed by atoms with van der Waals surface area (Å²) in [5, 5.41) is 10.4. The van der Waals surface area contributed by atoms with E-state index in [1.54, 1.807) is 0 Å². The molecule has 1 aromatic rings. The molecular weight excluding hydrogens is 307 g/mol. The molecule has 0 amide bonds. The molecule has 1 atom stereocenters. The number of nitro benzene ring substituents is 1. The van der Waals surface area contributed by atoms with E-state index in [-0.39, 0.29) is 11.4 Å². The first kappa shape index (κ1) is 13.8. The molecule has 0 radical (unpaired) electrons. The minimum atomic E-state index is -4.42. The highest BCUT2D eigenvalue weighted by Gasteiger charge is 2.38. The van der Waals surface area contributed by atoms with Crippen LogP contribution in [0.4, 0.5) is 18.9 Å². The van der Waals surface area contributed by atoms with Crippen molar-refractivity contribution in [3.05, 3.63) is 34.4 Å². The second-order valence-electron chi connectivity index (χ2n) is 3.07. The van der Waals surface area contributed by atoms with Crippen LogP contribution in [0.5, 0.6) is 5.75 Å². The van der Waals surface area contributed by atoms with Gasteiger partial charge in [-0.15, -0.1) is 0 Å². The predicted molar refractivity (Wildman–Crippen MR) is 57.4 cm³/mol. The van der Waals surface area contributed by atoms with E-state index in [2.05, 4.69) is 15.9 Å². The number of hydrogen-bond acceptors (Lipinski definition) is 3. The Balaban J connectivity index is 2.64. The molecule has 0 aliphatic rings. The summed E-state index contributed by atoms with van der Waals surface area (Å²) < 4.78 is 41.2. The molecule has 1 aromatic carbocycles. The van der Waals surface area contributed by atoms with Crippen molar-refractivity contribution in [1.29, 1.82) is 0 Å². The zero-order valence-corrected chi connectivity index (χ0v) is 9.86. The van der Waals surface area contributed by atoms with E-state index in [9.17, 15) is 23.3 Å². The first-order valence-electron chi connectivity index (χ1n) is 4.39. The molecule has 4 nitrogen and oxygen atoms in total. The Morgan fingerprint density at radius 1 is 1.47 bits per heavy atom. The predicted octanol–water partition coefficient (Wildman–Crippen LogP) is 3.30. The second kappa shape index (κ2) is 5.35. The van der Waals surface area contributed by atoms with Crippen LogP contribution in [-0.2, 0) is 0 Å². The molecule has 17 heavy (non-hydrogen) atoms. The van der Waals surface area contributed by atoms with E-state index in [0.29, 0.717) is 0 Å². The van der Waals surface area contributed by atoms with Crippen molar-refractivity contribution >= 4 is 21.6 Å². The lowest BCUT2D eigenvalue weighted by atomic mass is 10.3. The van der Waals surface area contributed by atoms with Crippen molar-refractivity contribution in [2.24, 2.45) is 0 Å². The Bertz CT molecular complexity index is 411. The Morgan fingerprint density at radius 2 is 2.12 bits per heavy atom. The minimum Gasteiger partial charge on any atom is -0.492 e. The molecule has 0 saturated heterocycles. The van der Waals surface area contributed by atoms with Crippen molar-refractivity contribution in [3.63, 3.8) is 0 Å². The van der Waals surface area contributed by atoms with Gasteiger partial charge in [0.2, 0.25) is 0 Å². The van der Waals surface area contributed by atoms with Crippen molar-refractivity contribution < 1.29 is 22.8 Å². The van der Waals surface area contributed by atoms with E-state index in [1.165, 1.54) is 18.2 Å². The molecular formula is C9H7BrF3NO3. The van der Waals surface area contributed by atoms with Crippen molar-refractivity contribution in [2.45, 2.75) is 11.0 Å². The third kappa shape index (κ3) is 4.22. The van der Waals surface area contributed by atoms with Crippen LogP contribution >= 0.6 is 15.9 Å². The molecule has 94 valence electrons. The summed E-state index contributed by atoms with van der Waals surface area (Å²) in [4.78, 5) is 7.95. The summed E-state index contributed by atoms with van der Waals surface area (Å²) in [6.07, 6.45) is -4.42. The van der Waals surface area contributed by atoms with Gasteiger partial charge in [-0.25, -0.2) is 0 Å². The van der Waals surface area contributed by atoms with Crippen LogP contribution in [0.25, 0.3) is 0 Å². The van der Waals surface area contributed by atoms with E-state index in [1.807, 2.05) is 0 Å². The van der Waals surface area contributed by atoms with Gasteiger partial charge in [-0.05, 0) is 6.07 Å². The van der Waals surface area contributed by atoms with Crippen LogP contribution in [0.15, 0.2) is 24.3 Å². The topological polar surface area (TPSA) is 52.4 Å². The van der Waals surface area contributed by atoms with Crippen LogP contribution in [0.3, 0.4) is 0 Å². The van der Waals surface area contributed by atoms with Gasteiger partial charge in [-0.2, -0.15) is 13.2 Å². The molecule has 0 saturated carbocycles. The van der Waals surface area contributed by atoms with Gasteiger partial charge in [-0.3, -0.25) is 10.1 Å². The summed E-state index contributed by atoms with van der Waals surface area (Å²) in [5.74, 6) is 0.0212. The third-order valence-corrected chi connectivity index (χ3v) is 2.56. The molecule has 0 aromatic heterocycles. The lowest BCUT2D eigenvalue weighted by molar-refractivity contribution is -0.384. The highest BCUT2D eigenvalue weighted by molar-refractivity contribution is 9.09. The van der Waals surface area contributed by atoms with Gasteiger partial charge in [0.05, 0.1) is 11.0 Å². The molecule has 0 aliphatic heterocycles. The van der Waals surface area contributed by atoms with Crippen LogP contribution in [0.1, 0.15) is 0 Å². The lowest BCUT2D eigenvalue weighted by Gasteiger charge is -2.14. The van der Waals surface area contributed by atoms with Gasteiger partial charge >= 0.3 is 6.18 Å². The quantitative estimate of drug-likeness (QED) is 0.487. The Labute approximate surface area is 103 Å². The maximum atomic E-state index is 12.1. The van der Waals surface area contributed by atoms with Crippen molar-refractivity contribution in [3.8, 4) is 5.75 Å². The first-order valence-corrected chi connectivity index (χ1v) is 5.30. The highest BCUT2D eigenvalue weighted by Crippen LogP contribution is 2.27. The van der Waals surface area contributed by atoms with Gasteiger partial charge in [0.15, 0.2) is 0 Å². The molecule has 0 spiro atoms. The number of ether oxygens (including phenoxy) is 1. The Hall–Kier alpha value is -1.31. The summed E-state index contributed by atoms with van der Waals surface area (Å²) in [5.41, 5.74) is -0.236. The van der Waals surface area contributed by atoms with Gasteiger partial charge in [0, 0.05) is 6.07 Å². The maximum Gasteiger partial charge on any atom is 0.404 e. The third-order valence-electron chi connectivity index (χ3n) is 1.78. The number of non-ortho nitro benzene ring substituents is 1. The molecule has 1 unspecified atom stereocenters. The number of nitrogens with zero attached hydrogens (tertiary/aromatic N) is 1. The van der Waals surface area contributed by atoms with E-state index in [4.69, 9.17) is 4.74 Å². The van der Waals surface area contributed by atoms with E-state index >= 15 is 0 Å². The van der Waals surface area contributed by atoms with Crippen LogP contribution < -0.4 is 4.74 Å². The zero-order chi connectivity index (χ0) is 13.1. The average molecular weight is 314 g/mol. The smallest absolute Gasteiger partial charge is 0.404 e. The van der Waals surface area contributed by atoms with Crippen LogP contribution in [0, 0.1) is 10.1 Å². The lowest BCUT2D eigenvalue weighted by Crippen LogP contribution is -2.28. The molecule has 0 fully saturated rings. The van der Waals surface area contributed by atoms with Crippen LogP contribution in [0.2, 0.25) is 0 Å². The van der Waals surface area contributed by atoms with E-state index in [0.717, 1.165) is 6.07 Å². The normalized spacial score (nSPS) is 13.2. The minimum absolute atomic E-state index is 0.0212. The van der Waals surface area contributed by atoms with Crippen LogP contribution in [-0.4, -0.2) is 22.5 Å². The number of hydrogen-bond donors (Lipinski definition) is 0. The van der Waals surface area contributed by atoms with Crippen molar-refractivity contribution in [2.75, 3.05) is 6.61 Å². The number of benzene rings is 1. The standard InChI is InChI=1S/C9H7BrF3NO3/c10-8(9(11,12)13)5-17-7-3-1-2-6(4-7)14(15)16/h1-4,8H,5H2. The fourth-order valence-corrected chi connectivity index (χ4v) is 1.08. The fourth-order valence-electron chi connectivity index (χ4n) is 0.951. The summed E-state index contributed by atoms with van der Waals surface area (Å²) >= 11 is 2.42. The highest BCUT2D eigenvalue weighted by atomic mass is 79.9. The van der Waals surface area contributed by atoms with Gasteiger partial charge < -0.3 is 4.74 Å². The number of rotatable bonds is 4. The zero-order valence-electron chi connectivity index (χ0n) is 8.28. The number of halogens is 4. The molecule has 0 N–H and O–H groups in total. The van der Waals surface area contributed by atoms with Gasteiger partial charge in [0.1, 0.15) is 17.2 Å². The molecule has 0 heterocycles. The van der Waals surface area contributed by atoms with Gasteiger partial charge in [0.25, 0.3) is 5.69 Å². The molecule has 0 aliphatic carbocycles. The molecule has 8 heteroatoms. The maximum absolute atomic E-state index is 12.1. The largest absolute Gasteiger partial charge is 0.492 e. The Kier molecular flexibility index (Phi) is 4.33. The Morgan fingerprint density at radius 3 is 2.65 bits per heavy atom. The molecule has 0 bridgehead atoms. The number of alkyl halides is 4. The van der Waals surface area contributed by atoms with Crippen molar-refractivity contribution in [1.82, 2.24) is 0 Å². The van der Waals surface area contributed by atoms with E-state index < -0.39 is 22.5 Å². The monoisotopic (exact) mass is 313 g/mol. The fraction of sp³-hybridized carbons (Fsp3) is 0.333. The summed E-state index contributed by atoms with van der Waals surface area (Å²) in [6.45, 7) is -0.648. The van der Waals surface area contributed by atoms with Gasteiger partial charge in [-0.1, -0.05) is 22.0 Å². The number of nitro groups is 1. The summed E-state index contributed by atoms with van der Waals surface area (Å²) in [7, 11) is 0. The first-order chi connectivity index (χ1) is 7.80. The molecule has 1 rings (SSSR count). The average Bonchev–Trinajstić information content (AvgIpc) is 2.25. The SMILES string of the molecule is O=[N+]([O-])c1cccc(OCC(Br)C(F)(F)F)c1.